The Morgan fingerprint density at radius 1 is 1.31 bits per heavy atom. The van der Waals surface area contributed by atoms with Crippen LogP contribution in [0.5, 0.6) is 5.75 Å². The fourth-order valence-electron chi connectivity index (χ4n) is 2.19. The lowest BCUT2D eigenvalue weighted by atomic mass is 10.3. The molecule has 6 nitrogen and oxygen atoms in total. The van der Waals surface area contributed by atoms with Crippen molar-refractivity contribution in [2.24, 2.45) is 10.7 Å². The van der Waals surface area contributed by atoms with Crippen molar-refractivity contribution in [2.45, 2.75) is 32.7 Å². The first kappa shape index (κ1) is 22.1. The van der Waals surface area contributed by atoms with Gasteiger partial charge in [-0.2, -0.15) is 0 Å². The van der Waals surface area contributed by atoms with Crippen molar-refractivity contribution >= 4 is 35.6 Å². The molecule has 1 heterocycles. The van der Waals surface area contributed by atoms with Crippen LogP contribution >= 0.6 is 24.0 Å². The maximum absolute atomic E-state index is 12.4. The Kier molecular flexibility index (Phi) is 8.69. The summed E-state index contributed by atoms with van der Waals surface area (Å²) in [7, 11) is 0. The number of guanidine groups is 1. The van der Waals surface area contributed by atoms with Crippen LogP contribution < -0.4 is 15.8 Å². The third-order valence-electron chi connectivity index (χ3n) is 3.39. The van der Waals surface area contributed by atoms with Crippen LogP contribution in [0.3, 0.4) is 0 Å². The highest BCUT2D eigenvalue weighted by molar-refractivity contribution is 14.0. The number of halogens is 4. The number of alkyl halides is 3. The zero-order chi connectivity index (χ0) is 18.3. The first-order chi connectivity index (χ1) is 11.8. The van der Waals surface area contributed by atoms with E-state index in [0.717, 1.165) is 25.2 Å². The summed E-state index contributed by atoms with van der Waals surface area (Å²) in [4.78, 5) is 8.26. The fourth-order valence-corrected chi connectivity index (χ4v) is 2.19. The van der Waals surface area contributed by atoms with Gasteiger partial charge in [0.2, 0.25) is 0 Å². The highest BCUT2D eigenvalue weighted by atomic mass is 127. The molecular weight excluding hydrogens is 462 g/mol. The maximum atomic E-state index is 12.4. The molecule has 3 N–H and O–H groups in total. The molecule has 2 aromatic rings. The molecule has 0 saturated heterocycles. The summed E-state index contributed by atoms with van der Waals surface area (Å²) in [6.07, 6.45) is 0.569. The molecule has 0 radical (unpaired) electrons. The molecule has 0 fully saturated rings. The normalized spacial score (nSPS) is 11.8. The zero-order valence-corrected chi connectivity index (χ0v) is 16.5. The van der Waals surface area contributed by atoms with Gasteiger partial charge in [0.25, 0.3) is 0 Å². The van der Waals surface area contributed by atoms with E-state index in [1.165, 1.54) is 18.2 Å². The Morgan fingerprint density at radius 3 is 2.69 bits per heavy atom. The summed E-state index contributed by atoms with van der Waals surface area (Å²) in [6, 6.07) is 5.66. The van der Waals surface area contributed by atoms with Crippen molar-refractivity contribution in [3.05, 3.63) is 42.5 Å². The summed E-state index contributed by atoms with van der Waals surface area (Å²) in [5.41, 5.74) is 5.83. The first-order valence-corrected chi connectivity index (χ1v) is 7.74. The maximum Gasteiger partial charge on any atom is 0.573 e. The number of ether oxygens (including phenoxy) is 1. The van der Waals surface area contributed by atoms with E-state index in [1.54, 1.807) is 12.3 Å². The fraction of sp³-hybridized carbons (Fsp3) is 0.375. The Morgan fingerprint density at radius 2 is 2.04 bits per heavy atom. The summed E-state index contributed by atoms with van der Waals surface area (Å²) in [5.74, 6) is 0.631. The Balaban J connectivity index is 0.00000338. The molecule has 1 aromatic carbocycles. The largest absolute Gasteiger partial charge is 0.573 e. The predicted octanol–water partition coefficient (Wildman–Crippen LogP) is 3.92. The number of nitrogens with two attached hydrogens (primary N) is 1. The van der Waals surface area contributed by atoms with Gasteiger partial charge in [-0.1, -0.05) is 12.1 Å². The number of nitrogens with one attached hydrogen (secondary N) is 1. The zero-order valence-electron chi connectivity index (χ0n) is 14.2. The van der Waals surface area contributed by atoms with E-state index >= 15 is 0 Å². The first-order valence-electron chi connectivity index (χ1n) is 7.74. The second-order valence-corrected chi connectivity index (χ2v) is 5.31. The van der Waals surface area contributed by atoms with Gasteiger partial charge in [0.15, 0.2) is 11.7 Å². The minimum absolute atomic E-state index is 0. The minimum Gasteiger partial charge on any atom is -0.404 e. The van der Waals surface area contributed by atoms with Gasteiger partial charge in [0.1, 0.15) is 5.82 Å². The monoisotopic (exact) mass is 483 g/mol. The van der Waals surface area contributed by atoms with Crippen LogP contribution in [0.1, 0.15) is 18.7 Å². The van der Waals surface area contributed by atoms with Crippen molar-refractivity contribution in [3.63, 3.8) is 0 Å². The molecule has 0 aliphatic carbocycles. The van der Waals surface area contributed by atoms with Crippen LogP contribution in [0.25, 0.3) is 0 Å². The third kappa shape index (κ3) is 7.50. The number of unbranched alkanes of at least 4 members (excludes halogenated alkanes) is 1. The van der Waals surface area contributed by atoms with Gasteiger partial charge in [-0.05, 0) is 31.9 Å². The number of hydrogen-bond acceptors (Lipinski definition) is 3. The topological polar surface area (TPSA) is 77.5 Å². The summed E-state index contributed by atoms with van der Waals surface area (Å²) in [6.45, 7) is 3.23. The van der Waals surface area contributed by atoms with Crippen LogP contribution in [0.15, 0.2) is 41.7 Å². The number of imidazole rings is 1. The standard InChI is InChI=1S/C16H20F3N5O.HI/c1-12-21-9-11-24(12)10-5-4-8-22-15(20)23-13-6-2-3-7-14(13)25-16(17,18)19;/h2-3,6-7,9,11H,4-5,8,10H2,1H3,(H3,20,22,23);1H. The smallest absolute Gasteiger partial charge is 0.404 e. The van der Waals surface area contributed by atoms with E-state index in [4.69, 9.17) is 5.73 Å². The predicted molar refractivity (Wildman–Crippen MR) is 105 cm³/mol. The van der Waals surface area contributed by atoms with Crippen molar-refractivity contribution in [3.8, 4) is 5.75 Å². The Bertz CT molecular complexity index is 718. The molecule has 0 aliphatic heterocycles. The Labute approximate surface area is 166 Å². The molecule has 0 spiro atoms. The molecule has 0 bridgehead atoms. The quantitative estimate of drug-likeness (QED) is 0.271. The van der Waals surface area contributed by atoms with E-state index in [2.05, 4.69) is 20.0 Å². The van der Waals surface area contributed by atoms with Crippen LogP contribution in [0.2, 0.25) is 0 Å². The molecule has 26 heavy (non-hydrogen) atoms. The van der Waals surface area contributed by atoms with E-state index < -0.39 is 6.36 Å². The molecule has 0 atom stereocenters. The van der Waals surface area contributed by atoms with Gasteiger partial charge in [-0.3, -0.25) is 4.99 Å². The molecule has 2 rings (SSSR count). The van der Waals surface area contributed by atoms with Crippen molar-refractivity contribution in [1.82, 2.24) is 9.55 Å². The van der Waals surface area contributed by atoms with E-state index in [-0.39, 0.29) is 41.4 Å². The number of aryl methyl sites for hydroxylation is 2. The van der Waals surface area contributed by atoms with E-state index in [9.17, 15) is 13.2 Å². The average Bonchev–Trinajstić information content (AvgIpc) is 2.93. The van der Waals surface area contributed by atoms with Gasteiger partial charge in [-0.15, -0.1) is 37.1 Å². The summed E-state index contributed by atoms with van der Waals surface area (Å²) >= 11 is 0. The Hall–Kier alpha value is -1.98. The van der Waals surface area contributed by atoms with Crippen LogP contribution in [-0.4, -0.2) is 28.4 Å². The van der Waals surface area contributed by atoms with Crippen molar-refractivity contribution in [2.75, 3.05) is 11.9 Å². The average molecular weight is 483 g/mol. The number of nitrogens with zero attached hydrogens (tertiary/aromatic N) is 3. The number of rotatable bonds is 7. The molecule has 0 saturated carbocycles. The lowest BCUT2D eigenvalue weighted by molar-refractivity contribution is -0.274. The highest BCUT2D eigenvalue weighted by Gasteiger charge is 2.32. The summed E-state index contributed by atoms with van der Waals surface area (Å²) in [5, 5.41) is 2.63. The van der Waals surface area contributed by atoms with Gasteiger partial charge < -0.3 is 20.4 Å². The number of aromatic nitrogens is 2. The van der Waals surface area contributed by atoms with Gasteiger partial charge >= 0.3 is 6.36 Å². The third-order valence-corrected chi connectivity index (χ3v) is 3.39. The number of hydrogen-bond donors (Lipinski definition) is 2. The molecular formula is C16H21F3IN5O. The molecule has 10 heteroatoms. The SMILES string of the molecule is Cc1nccn1CCCCN=C(N)Nc1ccccc1OC(F)(F)F.I. The lowest BCUT2D eigenvalue weighted by Crippen LogP contribution is -2.24. The van der Waals surface area contributed by atoms with Crippen LogP contribution in [0, 0.1) is 6.92 Å². The van der Waals surface area contributed by atoms with Crippen molar-refractivity contribution in [1.29, 1.82) is 0 Å². The van der Waals surface area contributed by atoms with E-state index in [0.29, 0.717) is 6.54 Å². The highest BCUT2D eigenvalue weighted by Crippen LogP contribution is 2.29. The number of aliphatic imine (C=N–C) groups is 1. The summed E-state index contributed by atoms with van der Waals surface area (Å²) < 4.78 is 43.1. The van der Waals surface area contributed by atoms with Crippen molar-refractivity contribution < 1.29 is 17.9 Å². The number of anilines is 1. The second-order valence-electron chi connectivity index (χ2n) is 5.31. The molecule has 0 amide bonds. The molecule has 1 aromatic heterocycles. The second kappa shape index (κ2) is 10.2. The molecule has 0 aliphatic rings. The van der Waals surface area contributed by atoms with Gasteiger partial charge in [0, 0.05) is 25.5 Å². The van der Waals surface area contributed by atoms with Gasteiger partial charge in [0.05, 0.1) is 5.69 Å². The van der Waals surface area contributed by atoms with Crippen LogP contribution in [-0.2, 0) is 6.54 Å². The molecule has 0 unspecified atom stereocenters. The molecule has 144 valence electrons. The number of para-hydroxylation sites is 2. The van der Waals surface area contributed by atoms with E-state index in [1.807, 2.05) is 17.7 Å². The lowest BCUT2D eigenvalue weighted by Gasteiger charge is -2.14. The van der Waals surface area contributed by atoms with Gasteiger partial charge in [-0.25, -0.2) is 4.98 Å². The number of benzene rings is 1. The minimum atomic E-state index is -4.77. The van der Waals surface area contributed by atoms with Crippen LogP contribution in [0.4, 0.5) is 18.9 Å².